The van der Waals surface area contributed by atoms with Gasteiger partial charge >= 0.3 is 0 Å². The van der Waals surface area contributed by atoms with Gasteiger partial charge in [-0.3, -0.25) is 9.78 Å². The van der Waals surface area contributed by atoms with Crippen LogP contribution in [0.4, 0.5) is 0 Å². The molecule has 0 fully saturated rings. The van der Waals surface area contributed by atoms with Crippen molar-refractivity contribution in [1.29, 1.82) is 0 Å². The molecule has 0 bridgehead atoms. The van der Waals surface area contributed by atoms with Crippen molar-refractivity contribution >= 4 is 17.7 Å². The molecule has 7 heteroatoms. The predicted octanol–water partition coefficient (Wildman–Crippen LogP) is 4.05. The van der Waals surface area contributed by atoms with E-state index in [0.717, 1.165) is 23.4 Å². The first kappa shape index (κ1) is 21.0. The van der Waals surface area contributed by atoms with Crippen LogP contribution in [0, 0.1) is 5.92 Å². The first-order valence-corrected chi connectivity index (χ1v) is 10.7. The third-order valence-corrected chi connectivity index (χ3v) is 5.63. The third kappa shape index (κ3) is 5.67. The molecule has 1 unspecified atom stereocenters. The third-order valence-electron chi connectivity index (χ3n) is 4.61. The van der Waals surface area contributed by atoms with Crippen molar-refractivity contribution in [3.63, 3.8) is 0 Å². The number of rotatable bonds is 8. The lowest BCUT2D eigenvalue weighted by molar-refractivity contribution is -0.119. The minimum absolute atomic E-state index is 0.0257. The molecular weight excluding hydrogens is 382 g/mol. The maximum atomic E-state index is 12.4. The summed E-state index contributed by atoms with van der Waals surface area (Å²) in [5, 5.41) is 12.2. The molecule has 1 atom stereocenters. The van der Waals surface area contributed by atoms with Gasteiger partial charge in [0.2, 0.25) is 5.91 Å². The van der Waals surface area contributed by atoms with Crippen LogP contribution in [0.5, 0.6) is 0 Å². The second kappa shape index (κ2) is 9.69. The van der Waals surface area contributed by atoms with Gasteiger partial charge in [-0.15, -0.1) is 10.2 Å². The summed E-state index contributed by atoms with van der Waals surface area (Å²) in [6, 6.07) is 12.2. The van der Waals surface area contributed by atoms with Crippen LogP contribution < -0.4 is 5.32 Å². The Hall–Kier alpha value is -2.67. The van der Waals surface area contributed by atoms with Crippen LogP contribution in [0.2, 0.25) is 0 Å². The van der Waals surface area contributed by atoms with Gasteiger partial charge in [-0.1, -0.05) is 49.9 Å². The number of nitrogens with zero attached hydrogens (tertiary/aromatic N) is 4. The second-order valence-corrected chi connectivity index (χ2v) is 8.46. The number of aromatic nitrogens is 4. The van der Waals surface area contributed by atoms with Gasteiger partial charge in [0.15, 0.2) is 11.0 Å². The number of hydrogen-bond donors (Lipinski definition) is 1. The molecule has 3 aromatic rings. The molecule has 0 radical (unpaired) electrons. The number of carbonyl (C=O) groups excluding carboxylic acids is 1. The lowest BCUT2D eigenvalue weighted by Crippen LogP contribution is -2.28. The van der Waals surface area contributed by atoms with Gasteiger partial charge in [0, 0.05) is 25.0 Å². The highest BCUT2D eigenvalue weighted by molar-refractivity contribution is 7.99. The van der Waals surface area contributed by atoms with Crippen molar-refractivity contribution in [2.75, 3.05) is 5.75 Å². The maximum absolute atomic E-state index is 12.4. The summed E-state index contributed by atoms with van der Waals surface area (Å²) in [4.78, 5) is 16.4. The number of thioether (sulfide) groups is 1. The highest BCUT2D eigenvalue weighted by Gasteiger charge is 2.14. The molecule has 3 rings (SSSR count). The van der Waals surface area contributed by atoms with E-state index in [1.54, 1.807) is 12.4 Å². The first-order chi connectivity index (χ1) is 13.9. The predicted molar refractivity (Wildman–Crippen MR) is 116 cm³/mol. The van der Waals surface area contributed by atoms with Crippen LogP contribution in [0.1, 0.15) is 37.9 Å². The number of nitrogens with one attached hydrogen (secondary N) is 1. The zero-order valence-corrected chi connectivity index (χ0v) is 18.1. The average Bonchev–Trinajstić information content (AvgIpc) is 3.07. The summed E-state index contributed by atoms with van der Waals surface area (Å²) >= 11 is 1.38. The Morgan fingerprint density at radius 1 is 1.07 bits per heavy atom. The van der Waals surface area contributed by atoms with Gasteiger partial charge in [-0.25, -0.2) is 0 Å². The van der Waals surface area contributed by atoms with E-state index in [2.05, 4.69) is 58.6 Å². The molecule has 0 saturated heterocycles. The highest BCUT2D eigenvalue weighted by Crippen LogP contribution is 2.22. The molecule has 29 heavy (non-hydrogen) atoms. The van der Waals surface area contributed by atoms with E-state index in [1.165, 1.54) is 17.3 Å². The van der Waals surface area contributed by atoms with E-state index >= 15 is 0 Å². The zero-order valence-electron chi connectivity index (χ0n) is 17.3. The summed E-state index contributed by atoms with van der Waals surface area (Å²) in [5.41, 5.74) is 3.38. The van der Waals surface area contributed by atoms with Crippen molar-refractivity contribution in [1.82, 2.24) is 25.1 Å². The molecular formula is C22H27N5OS. The molecule has 2 aromatic heterocycles. The maximum Gasteiger partial charge on any atom is 0.230 e. The van der Waals surface area contributed by atoms with Gasteiger partial charge in [0.05, 0.1) is 11.8 Å². The molecule has 2 heterocycles. The van der Waals surface area contributed by atoms with Gasteiger partial charge < -0.3 is 9.88 Å². The average molecular weight is 410 g/mol. The minimum Gasteiger partial charge on any atom is -0.349 e. The smallest absolute Gasteiger partial charge is 0.230 e. The van der Waals surface area contributed by atoms with Gasteiger partial charge in [-0.2, -0.15) is 0 Å². The molecule has 152 valence electrons. The van der Waals surface area contributed by atoms with Crippen LogP contribution in [0.15, 0.2) is 53.9 Å². The lowest BCUT2D eigenvalue weighted by atomic mass is 10.00. The Morgan fingerprint density at radius 3 is 2.41 bits per heavy atom. The van der Waals surface area contributed by atoms with Crippen molar-refractivity contribution in [2.24, 2.45) is 13.0 Å². The van der Waals surface area contributed by atoms with Gasteiger partial charge in [0.1, 0.15) is 0 Å². The SMILES string of the molecule is CC(C)Cc1ccc(C(C)NC(=O)CSc2nnc(-c3ccncc3)n2C)cc1. The van der Waals surface area contributed by atoms with Gasteiger partial charge in [0.25, 0.3) is 0 Å². The summed E-state index contributed by atoms with van der Waals surface area (Å²) < 4.78 is 1.89. The Labute approximate surface area is 176 Å². The molecule has 0 aliphatic rings. The Morgan fingerprint density at radius 2 is 1.76 bits per heavy atom. The molecule has 6 nitrogen and oxygen atoms in total. The van der Waals surface area contributed by atoms with Crippen LogP contribution in [0.25, 0.3) is 11.4 Å². The highest BCUT2D eigenvalue weighted by atomic mass is 32.2. The topological polar surface area (TPSA) is 72.7 Å². The van der Waals surface area contributed by atoms with Gasteiger partial charge in [-0.05, 0) is 42.5 Å². The summed E-state index contributed by atoms with van der Waals surface area (Å²) in [7, 11) is 1.90. The Bertz CT molecular complexity index is 938. The second-order valence-electron chi connectivity index (χ2n) is 7.52. The summed E-state index contributed by atoms with van der Waals surface area (Å²) in [6.45, 7) is 6.43. The molecule has 1 amide bonds. The van der Waals surface area contributed by atoms with E-state index in [0.29, 0.717) is 11.1 Å². The Balaban J connectivity index is 1.54. The monoisotopic (exact) mass is 409 g/mol. The Kier molecular flexibility index (Phi) is 7.04. The first-order valence-electron chi connectivity index (χ1n) is 9.75. The van der Waals surface area contributed by atoms with Crippen molar-refractivity contribution in [3.05, 3.63) is 59.9 Å². The number of pyridine rings is 1. The molecule has 0 spiro atoms. The van der Waals surface area contributed by atoms with Crippen LogP contribution in [-0.4, -0.2) is 31.4 Å². The number of hydrogen-bond acceptors (Lipinski definition) is 5. The molecule has 1 N–H and O–H groups in total. The van der Waals surface area contributed by atoms with Crippen LogP contribution in [-0.2, 0) is 18.3 Å². The summed E-state index contributed by atoms with van der Waals surface area (Å²) in [5.74, 6) is 1.65. The lowest BCUT2D eigenvalue weighted by Gasteiger charge is -2.15. The van der Waals surface area contributed by atoms with E-state index in [-0.39, 0.29) is 17.7 Å². The van der Waals surface area contributed by atoms with E-state index < -0.39 is 0 Å². The molecule has 1 aromatic carbocycles. The summed E-state index contributed by atoms with van der Waals surface area (Å²) in [6.07, 6.45) is 4.51. The fourth-order valence-electron chi connectivity index (χ4n) is 3.10. The van der Waals surface area contributed by atoms with Crippen molar-refractivity contribution < 1.29 is 4.79 Å². The van der Waals surface area contributed by atoms with E-state index in [4.69, 9.17) is 0 Å². The fraction of sp³-hybridized carbons (Fsp3) is 0.364. The van der Waals surface area contributed by atoms with Crippen molar-refractivity contribution in [3.8, 4) is 11.4 Å². The van der Waals surface area contributed by atoms with E-state index in [1.807, 2.05) is 30.7 Å². The van der Waals surface area contributed by atoms with E-state index in [9.17, 15) is 4.79 Å². The fourth-order valence-corrected chi connectivity index (χ4v) is 3.83. The number of benzene rings is 1. The molecule has 0 saturated carbocycles. The zero-order chi connectivity index (χ0) is 20.8. The minimum atomic E-state index is -0.0388. The normalized spacial score (nSPS) is 12.2. The number of amides is 1. The molecule has 0 aliphatic heterocycles. The molecule has 0 aliphatic carbocycles. The van der Waals surface area contributed by atoms with Crippen LogP contribution >= 0.6 is 11.8 Å². The largest absolute Gasteiger partial charge is 0.349 e. The van der Waals surface area contributed by atoms with Crippen LogP contribution in [0.3, 0.4) is 0 Å². The standard InChI is InChI=1S/C22H27N5OS/c1-15(2)13-17-5-7-18(8-6-17)16(3)24-20(28)14-29-22-26-25-21(27(22)4)19-9-11-23-12-10-19/h5-12,15-16H,13-14H2,1-4H3,(H,24,28). The quantitative estimate of drug-likeness (QED) is 0.568. The number of carbonyl (C=O) groups is 1. The van der Waals surface area contributed by atoms with Crippen molar-refractivity contribution in [2.45, 2.75) is 38.4 Å².